The Bertz CT molecular complexity index is 554. The van der Waals surface area contributed by atoms with Crippen molar-refractivity contribution in [2.45, 2.75) is 19.3 Å². The summed E-state index contributed by atoms with van der Waals surface area (Å²) in [5.74, 6) is 0.495. The molecular formula is C12H9FO2. The molecule has 3 heteroatoms. The van der Waals surface area contributed by atoms with Gasteiger partial charge in [-0.2, -0.15) is 0 Å². The first-order valence-electron chi connectivity index (χ1n) is 5.00. The van der Waals surface area contributed by atoms with E-state index in [1.165, 1.54) is 12.1 Å². The molecule has 0 unspecified atom stereocenters. The Morgan fingerprint density at radius 3 is 3.00 bits per heavy atom. The largest absolute Gasteiger partial charge is 0.460 e. The highest BCUT2D eigenvalue weighted by molar-refractivity contribution is 6.09. The number of fused-ring (bicyclic) bond motifs is 3. The molecular weight excluding hydrogens is 195 g/mol. The Morgan fingerprint density at radius 1 is 1.27 bits per heavy atom. The molecule has 2 nitrogen and oxygen atoms in total. The summed E-state index contributed by atoms with van der Waals surface area (Å²) in [6, 6.07) is 4.32. The number of halogens is 1. The first-order chi connectivity index (χ1) is 7.25. The van der Waals surface area contributed by atoms with Crippen molar-refractivity contribution in [1.82, 2.24) is 0 Å². The monoisotopic (exact) mass is 204 g/mol. The van der Waals surface area contributed by atoms with E-state index in [1.54, 1.807) is 6.07 Å². The van der Waals surface area contributed by atoms with E-state index in [1.807, 2.05) is 0 Å². The van der Waals surface area contributed by atoms with Crippen LogP contribution < -0.4 is 0 Å². The first kappa shape index (κ1) is 8.65. The molecule has 0 N–H and O–H groups in total. The first-order valence-corrected chi connectivity index (χ1v) is 5.00. The zero-order chi connectivity index (χ0) is 10.4. The highest BCUT2D eigenvalue weighted by Crippen LogP contribution is 2.31. The fourth-order valence-electron chi connectivity index (χ4n) is 2.14. The quantitative estimate of drug-likeness (QED) is 0.660. The third-order valence-electron chi connectivity index (χ3n) is 2.81. The second-order valence-corrected chi connectivity index (χ2v) is 3.82. The minimum Gasteiger partial charge on any atom is -0.460 e. The van der Waals surface area contributed by atoms with E-state index in [2.05, 4.69) is 0 Å². The molecule has 15 heavy (non-hydrogen) atoms. The van der Waals surface area contributed by atoms with Crippen molar-refractivity contribution in [3.8, 4) is 0 Å². The van der Waals surface area contributed by atoms with Gasteiger partial charge in [-0.15, -0.1) is 0 Å². The molecule has 0 bridgehead atoms. The third kappa shape index (κ3) is 1.19. The van der Waals surface area contributed by atoms with Crippen LogP contribution in [0.1, 0.15) is 29.0 Å². The number of rotatable bonds is 0. The maximum Gasteiger partial charge on any atom is 0.167 e. The average molecular weight is 204 g/mol. The van der Waals surface area contributed by atoms with Gasteiger partial charge < -0.3 is 4.42 Å². The molecule has 1 aliphatic carbocycles. The molecule has 76 valence electrons. The van der Waals surface area contributed by atoms with E-state index < -0.39 is 0 Å². The zero-order valence-corrected chi connectivity index (χ0v) is 8.05. The Kier molecular flexibility index (Phi) is 1.69. The standard InChI is InChI=1S/C12H9FO2/c13-7-4-5-8-11(6-7)15-10-3-1-2-9(14)12(8)10/h4-6H,1-3H2. The van der Waals surface area contributed by atoms with Crippen molar-refractivity contribution < 1.29 is 13.6 Å². The topological polar surface area (TPSA) is 30.2 Å². The summed E-state index contributed by atoms with van der Waals surface area (Å²) in [5, 5.41) is 0.746. The number of hydrogen-bond donors (Lipinski definition) is 0. The van der Waals surface area contributed by atoms with Crippen molar-refractivity contribution in [3.05, 3.63) is 35.3 Å². The SMILES string of the molecule is O=C1CCCc2oc3cc(F)ccc3c21. The molecule has 1 aromatic heterocycles. The van der Waals surface area contributed by atoms with E-state index in [0.717, 1.165) is 18.2 Å². The van der Waals surface area contributed by atoms with Gasteiger partial charge in [0.15, 0.2) is 5.78 Å². The number of hydrogen-bond acceptors (Lipinski definition) is 2. The Labute approximate surface area is 85.7 Å². The molecule has 1 heterocycles. The van der Waals surface area contributed by atoms with Crippen molar-refractivity contribution >= 4 is 16.8 Å². The van der Waals surface area contributed by atoms with E-state index in [0.29, 0.717) is 23.3 Å². The molecule has 0 fully saturated rings. The Hall–Kier alpha value is -1.64. The minimum atomic E-state index is -0.332. The summed E-state index contributed by atoms with van der Waals surface area (Å²) in [6.45, 7) is 0. The van der Waals surface area contributed by atoms with Crippen LogP contribution >= 0.6 is 0 Å². The fourth-order valence-corrected chi connectivity index (χ4v) is 2.14. The predicted molar refractivity (Wildman–Crippen MR) is 53.4 cm³/mol. The molecule has 0 atom stereocenters. The number of benzene rings is 1. The van der Waals surface area contributed by atoms with Crippen molar-refractivity contribution in [2.75, 3.05) is 0 Å². The van der Waals surface area contributed by atoms with Gasteiger partial charge in [-0.3, -0.25) is 4.79 Å². The lowest BCUT2D eigenvalue weighted by Crippen LogP contribution is -2.08. The van der Waals surface area contributed by atoms with E-state index in [4.69, 9.17) is 4.42 Å². The molecule has 0 spiro atoms. The van der Waals surface area contributed by atoms with Crippen LogP contribution in [-0.4, -0.2) is 5.78 Å². The lowest BCUT2D eigenvalue weighted by atomic mass is 9.95. The van der Waals surface area contributed by atoms with Crippen molar-refractivity contribution in [1.29, 1.82) is 0 Å². The van der Waals surface area contributed by atoms with Crippen LogP contribution in [0.25, 0.3) is 11.0 Å². The fraction of sp³-hybridized carbons (Fsp3) is 0.250. The van der Waals surface area contributed by atoms with Gasteiger partial charge in [-0.05, 0) is 18.6 Å². The van der Waals surface area contributed by atoms with Crippen molar-refractivity contribution in [2.24, 2.45) is 0 Å². The highest BCUT2D eigenvalue weighted by atomic mass is 19.1. The van der Waals surface area contributed by atoms with Crippen LogP contribution in [0.2, 0.25) is 0 Å². The van der Waals surface area contributed by atoms with Gasteiger partial charge in [0.25, 0.3) is 0 Å². The van der Waals surface area contributed by atoms with Gasteiger partial charge in [0.05, 0.1) is 5.56 Å². The molecule has 1 aliphatic rings. The maximum atomic E-state index is 13.0. The van der Waals surface area contributed by atoms with E-state index >= 15 is 0 Å². The number of carbonyl (C=O) groups is 1. The normalized spacial score (nSPS) is 15.7. The van der Waals surface area contributed by atoms with Crippen LogP contribution in [0.3, 0.4) is 0 Å². The van der Waals surface area contributed by atoms with E-state index in [9.17, 15) is 9.18 Å². The molecule has 3 rings (SSSR count). The molecule has 0 aliphatic heterocycles. The van der Waals surface area contributed by atoms with Crippen LogP contribution in [0.5, 0.6) is 0 Å². The number of aryl methyl sites for hydroxylation is 1. The molecule has 0 amide bonds. The van der Waals surface area contributed by atoms with Gasteiger partial charge >= 0.3 is 0 Å². The number of carbonyl (C=O) groups excluding carboxylic acids is 1. The predicted octanol–water partition coefficient (Wildman–Crippen LogP) is 3.09. The maximum absolute atomic E-state index is 13.0. The molecule has 0 saturated carbocycles. The third-order valence-corrected chi connectivity index (χ3v) is 2.81. The van der Waals surface area contributed by atoms with Crippen LogP contribution in [0.4, 0.5) is 4.39 Å². The lowest BCUT2D eigenvalue weighted by Gasteiger charge is -2.07. The summed E-state index contributed by atoms with van der Waals surface area (Å²) < 4.78 is 18.4. The smallest absolute Gasteiger partial charge is 0.167 e. The lowest BCUT2D eigenvalue weighted by molar-refractivity contribution is 0.0971. The molecule has 1 aromatic carbocycles. The molecule has 2 aromatic rings. The number of ketones is 1. The van der Waals surface area contributed by atoms with Gasteiger partial charge in [0.1, 0.15) is 17.2 Å². The van der Waals surface area contributed by atoms with Gasteiger partial charge in [0.2, 0.25) is 0 Å². The summed E-state index contributed by atoms with van der Waals surface area (Å²) >= 11 is 0. The molecule has 0 saturated heterocycles. The van der Waals surface area contributed by atoms with Crippen molar-refractivity contribution in [3.63, 3.8) is 0 Å². The number of Topliss-reactive ketones (excluding diaryl/α,β-unsaturated/α-hetero) is 1. The second-order valence-electron chi connectivity index (χ2n) is 3.82. The van der Waals surface area contributed by atoms with Gasteiger partial charge in [0, 0.05) is 24.3 Å². The van der Waals surface area contributed by atoms with Crippen LogP contribution in [0.15, 0.2) is 22.6 Å². The summed E-state index contributed by atoms with van der Waals surface area (Å²) in [6.07, 6.45) is 2.17. The van der Waals surface area contributed by atoms with Crippen LogP contribution in [0, 0.1) is 5.82 Å². The number of furan rings is 1. The zero-order valence-electron chi connectivity index (χ0n) is 8.05. The van der Waals surface area contributed by atoms with Gasteiger partial charge in [-0.25, -0.2) is 4.39 Å². The van der Waals surface area contributed by atoms with E-state index in [-0.39, 0.29) is 11.6 Å². The Balaban J connectivity index is 2.36. The molecule has 0 radical (unpaired) electrons. The Morgan fingerprint density at radius 2 is 2.13 bits per heavy atom. The van der Waals surface area contributed by atoms with Gasteiger partial charge in [-0.1, -0.05) is 0 Å². The average Bonchev–Trinajstić information content (AvgIpc) is 2.56. The highest BCUT2D eigenvalue weighted by Gasteiger charge is 2.24. The summed E-state index contributed by atoms with van der Waals surface area (Å²) in [5.41, 5.74) is 1.14. The summed E-state index contributed by atoms with van der Waals surface area (Å²) in [4.78, 5) is 11.7. The minimum absolute atomic E-state index is 0.113. The second kappa shape index (κ2) is 2.92. The van der Waals surface area contributed by atoms with Crippen LogP contribution in [-0.2, 0) is 6.42 Å². The summed E-state index contributed by atoms with van der Waals surface area (Å²) in [7, 11) is 0.